The number of Topliss-reactive ketones (excluding diaryl/α,β-unsaturated/α-hetero) is 1. The van der Waals surface area contributed by atoms with Gasteiger partial charge in [-0.3, -0.25) is 4.79 Å². The third-order valence-electron chi connectivity index (χ3n) is 2.74. The van der Waals surface area contributed by atoms with Gasteiger partial charge in [-0.15, -0.1) is 0 Å². The number of ketones is 1. The van der Waals surface area contributed by atoms with Crippen molar-refractivity contribution in [1.29, 1.82) is 0 Å². The quantitative estimate of drug-likeness (QED) is 0.742. The molecule has 0 radical (unpaired) electrons. The molecule has 0 fully saturated rings. The van der Waals surface area contributed by atoms with Crippen LogP contribution in [0.4, 0.5) is 0 Å². The summed E-state index contributed by atoms with van der Waals surface area (Å²) < 4.78 is 7.04. The van der Waals surface area contributed by atoms with Gasteiger partial charge in [0.25, 0.3) is 0 Å². The average molecular weight is 253 g/mol. The van der Waals surface area contributed by atoms with E-state index in [4.69, 9.17) is 4.74 Å². The third kappa shape index (κ3) is 3.91. The van der Waals surface area contributed by atoms with Crippen LogP contribution in [0.2, 0.25) is 0 Å². The number of rotatable bonds is 7. The molecule has 0 aromatic carbocycles. The summed E-state index contributed by atoms with van der Waals surface area (Å²) in [5.74, 6) is 1.43. The molecule has 5 heteroatoms. The van der Waals surface area contributed by atoms with Crippen LogP contribution in [-0.4, -0.2) is 33.8 Å². The molecule has 0 aliphatic rings. The summed E-state index contributed by atoms with van der Waals surface area (Å²) >= 11 is 0. The van der Waals surface area contributed by atoms with Gasteiger partial charge in [0, 0.05) is 13.7 Å². The van der Waals surface area contributed by atoms with E-state index in [0.29, 0.717) is 5.92 Å². The fourth-order valence-electron chi connectivity index (χ4n) is 1.96. The summed E-state index contributed by atoms with van der Waals surface area (Å²) in [6.45, 7) is 8.95. The van der Waals surface area contributed by atoms with Crippen LogP contribution in [0.1, 0.15) is 33.5 Å². The van der Waals surface area contributed by atoms with Gasteiger partial charge in [-0.1, -0.05) is 27.7 Å². The minimum Gasteiger partial charge on any atom is -0.373 e. The molecule has 0 amide bonds. The second-order valence-corrected chi connectivity index (χ2v) is 5.30. The van der Waals surface area contributed by atoms with Crippen molar-refractivity contribution >= 4 is 5.78 Å². The summed E-state index contributed by atoms with van der Waals surface area (Å²) in [6, 6.07) is 0. The smallest absolute Gasteiger partial charge is 0.169 e. The van der Waals surface area contributed by atoms with Crippen LogP contribution in [0.3, 0.4) is 0 Å². The van der Waals surface area contributed by atoms with Gasteiger partial charge in [-0.25, -0.2) is 9.67 Å². The van der Waals surface area contributed by atoms with Crippen LogP contribution in [-0.2, 0) is 22.5 Å². The third-order valence-corrected chi connectivity index (χ3v) is 2.74. The zero-order valence-electron chi connectivity index (χ0n) is 11.9. The van der Waals surface area contributed by atoms with Crippen LogP contribution in [0.5, 0.6) is 0 Å². The molecule has 0 aliphatic heterocycles. The van der Waals surface area contributed by atoms with Crippen molar-refractivity contribution in [3.05, 3.63) is 12.2 Å². The Kier molecular flexibility index (Phi) is 5.47. The highest BCUT2D eigenvalue weighted by Gasteiger charge is 2.23. The van der Waals surface area contributed by atoms with Crippen molar-refractivity contribution in [3.63, 3.8) is 0 Å². The highest BCUT2D eigenvalue weighted by molar-refractivity contribution is 5.84. The molecule has 0 N–H and O–H groups in total. The van der Waals surface area contributed by atoms with Gasteiger partial charge in [-0.2, -0.15) is 5.10 Å². The van der Waals surface area contributed by atoms with E-state index < -0.39 is 0 Å². The Labute approximate surface area is 109 Å². The van der Waals surface area contributed by atoms with E-state index in [1.807, 2.05) is 13.8 Å². The topological polar surface area (TPSA) is 57.0 Å². The standard InChI is InChI=1S/C13H23N3O2/c1-9(2)7-16-12(14-8-15-16)6-11(17)13(18-5)10(3)4/h8-10,13H,6-7H2,1-5H3. The zero-order valence-corrected chi connectivity index (χ0v) is 11.9. The SMILES string of the molecule is COC(C(=O)Cc1ncnn1CC(C)C)C(C)C. The van der Waals surface area contributed by atoms with Gasteiger partial charge in [0.15, 0.2) is 5.78 Å². The molecule has 5 nitrogen and oxygen atoms in total. The maximum absolute atomic E-state index is 12.1. The van der Waals surface area contributed by atoms with Gasteiger partial charge in [-0.05, 0) is 11.8 Å². The summed E-state index contributed by atoms with van der Waals surface area (Å²) in [5.41, 5.74) is 0. The molecule has 0 aliphatic carbocycles. The highest BCUT2D eigenvalue weighted by Crippen LogP contribution is 2.10. The number of hydrogen-bond acceptors (Lipinski definition) is 4. The van der Waals surface area contributed by atoms with E-state index in [2.05, 4.69) is 23.9 Å². The fraction of sp³-hybridized carbons (Fsp3) is 0.769. The van der Waals surface area contributed by atoms with Crippen molar-refractivity contribution < 1.29 is 9.53 Å². The first kappa shape index (κ1) is 14.8. The maximum Gasteiger partial charge on any atom is 0.169 e. The van der Waals surface area contributed by atoms with Gasteiger partial charge in [0.05, 0.1) is 6.42 Å². The van der Waals surface area contributed by atoms with Crippen molar-refractivity contribution in [3.8, 4) is 0 Å². The van der Waals surface area contributed by atoms with Gasteiger partial charge >= 0.3 is 0 Å². The van der Waals surface area contributed by atoms with E-state index >= 15 is 0 Å². The van der Waals surface area contributed by atoms with Crippen LogP contribution < -0.4 is 0 Å². The van der Waals surface area contributed by atoms with Crippen molar-refractivity contribution in [2.45, 2.75) is 46.8 Å². The number of nitrogens with zero attached hydrogens (tertiary/aromatic N) is 3. The Bertz CT molecular complexity index is 385. The molecule has 1 aromatic rings. The molecule has 102 valence electrons. The lowest BCUT2D eigenvalue weighted by molar-refractivity contribution is -0.130. The fourth-order valence-corrected chi connectivity index (χ4v) is 1.96. The Morgan fingerprint density at radius 2 is 2.06 bits per heavy atom. The lowest BCUT2D eigenvalue weighted by Gasteiger charge is -2.17. The Balaban J connectivity index is 2.72. The minimum absolute atomic E-state index is 0.0607. The number of methoxy groups -OCH3 is 1. The van der Waals surface area contributed by atoms with Crippen LogP contribution in [0.25, 0.3) is 0 Å². The lowest BCUT2D eigenvalue weighted by Crippen LogP contribution is -2.31. The number of hydrogen-bond donors (Lipinski definition) is 0. The molecule has 0 bridgehead atoms. The average Bonchev–Trinajstić information content (AvgIpc) is 2.65. The normalized spacial score (nSPS) is 13.3. The summed E-state index contributed by atoms with van der Waals surface area (Å²) in [6.07, 6.45) is 1.42. The monoisotopic (exact) mass is 253 g/mol. The molecule has 0 spiro atoms. The molecule has 1 unspecified atom stereocenters. The number of ether oxygens (including phenoxy) is 1. The van der Waals surface area contributed by atoms with E-state index in [0.717, 1.165) is 12.4 Å². The van der Waals surface area contributed by atoms with E-state index in [1.54, 1.807) is 11.8 Å². The first-order valence-corrected chi connectivity index (χ1v) is 6.37. The largest absolute Gasteiger partial charge is 0.373 e. The van der Waals surface area contributed by atoms with Crippen LogP contribution >= 0.6 is 0 Å². The molecular weight excluding hydrogens is 230 g/mol. The second-order valence-electron chi connectivity index (χ2n) is 5.30. The number of carbonyl (C=O) groups excluding carboxylic acids is 1. The van der Waals surface area contributed by atoms with E-state index in [1.165, 1.54) is 6.33 Å². The van der Waals surface area contributed by atoms with Gasteiger partial charge in [0.1, 0.15) is 18.3 Å². The molecule has 1 aromatic heterocycles. The van der Waals surface area contributed by atoms with Crippen LogP contribution in [0.15, 0.2) is 6.33 Å². The van der Waals surface area contributed by atoms with Crippen molar-refractivity contribution in [2.75, 3.05) is 7.11 Å². The number of aromatic nitrogens is 3. The lowest BCUT2D eigenvalue weighted by atomic mass is 10.0. The maximum atomic E-state index is 12.1. The van der Waals surface area contributed by atoms with E-state index in [-0.39, 0.29) is 24.2 Å². The van der Waals surface area contributed by atoms with Gasteiger partial charge in [0.2, 0.25) is 0 Å². The molecule has 0 saturated carbocycles. The Hall–Kier alpha value is -1.23. The molecule has 18 heavy (non-hydrogen) atoms. The minimum atomic E-state index is -0.366. The summed E-state index contributed by atoms with van der Waals surface area (Å²) in [7, 11) is 1.57. The first-order chi connectivity index (χ1) is 8.45. The van der Waals surface area contributed by atoms with Crippen LogP contribution in [0, 0.1) is 11.8 Å². The van der Waals surface area contributed by atoms with Crippen molar-refractivity contribution in [2.24, 2.45) is 11.8 Å². The predicted molar refractivity (Wildman–Crippen MR) is 69.2 cm³/mol. The second kappa shape index (κ2) is 6.64. The Morgan fingerprint density at radius 3 is 2.56 bits per heavy atom. The molecule has 0 saturated heterocycles. The zero-order chi connectivity index (χ0) is 13.7. The first-order valence-electron chi connectivity index (χ1n) is 6.37. The molecule has 1 heterocycles. The predicted octanol–water partition coefficient (Wildman–Crippen LogP) is 1.72. The van der Waals surface area contributed by atoms with E-state index in [9.17, 15) is 4.79 Å². The molecular formula is C13H23N3O2. The highest BCUT2D eigenvalue weighted by atomic mass is 16.5. The van der Waals surface area contributed by atoms with Crippen molar-refractivity contribution in [1.82, 2.24) is 14.8 Å². The number of carbonyl (C=O) groups is 1. The summed E-state index contributed by atoms with van der Waals surface area (Å²) in [4.78, 5) is 16.3. The Morgan fingerprint density at radius 1 is 1.39 bits per heavy atom. The summed E-state index contributed by atoms with van der Waals surface area (Å²) in [5, 5.41) is 4.15. The molecule has 1 rings (SSSR count). The molecule has 1 atom stereocenters. The van der Waals surface area contributed by atoms with Gasteiger partial charge < -0.3 is 4.74 Å².